The van der Waals surface area contributed by atoms with E-state index in [-0.39, 0.29) is 6.04 Å². The number of nitrogens with zero attached hydrogens (tertiary/aromatic N) is 2. The van der Waals surface area contributed by atoms with Crippen LogP contribution in [-0.4, -0.2) is 15.8 Å². The van der Waals surface area contributed by atoms with E-state index >= 15 is 0 Å². The van der Waals surface area contributed by atoms with Gasteiger partial charge in [-0.15, -0.1) is 0 Å². The van der Waals surface area contributed by atoms with Crippen LogP contribution in [0.4, 0.5) is 0 Å². The van der Waals surface area contributed by atoms with E-state index in [0.717, 1.165) is 18.7 Å². The van der Waals surface area contributed by atoms with Crippen molar-refractivity contribution in [1.82, 2.24) is 9.78 Å². The highest BCUT2D eigenvalue weighted by molar-refractivity contribution is 5.24. The molecule has 0 saturated carbocycles. The van der Waals surface area contributed by atoms with Gasteiger partial charge in [-0.1, -0.05) is 6.92 Å². The lowest BCUT2D eigenvalue weighted by molar-refractivity contribution is 0.525. The zero-order valence-electron chi connectivity index (χ0n) is 8.96. The van der Waals surface area contributed by atoms with E-state index in [2.05, 4.69) is 25.9 Å². The first-order valence-corrected chi connectivity index (χ1v) is 4.84. The van der Waals surface area contributed by atoms with E-state index in [1.807, 2.05) is 11.6 Å². The molecule has 0 aromatic carbocycles. The Balaban J connectivity index is 2.96. The van der Waals surface area contributed by atoms with Crippen molar-refractivity contribution in [3.63, 3.8) is 0 Å². The van der Waals surface area contributed by atoms with Crippen LogP contribution < -0.4 is 5.73 Å². The Morgan fingerprint density at radius 3 is 2.46 bits per heavy atom. The summed E-state index contributed by atoms with van der Waals surface area (Å²) in [5.41, 5.74) is 9.50. The molecule has 74 valence electrons. The first-order valence-electron chi connectivity index (χ1n) is 4.84. The van der Waals surface area contributed by atoms with Gasteiger partial charge in [-0.2, -0.15) is 5.10 Å². The van der Waals surface area contributed by atoms with Crippen LogP contribution in [0, 0.1) is 13.8 Å². The van der Waals surface area contributed by atoms with Gasteiger partial charge >= 0.3 is 0 Å². The standard InChI is InChI=1S/C10H19N3/c1-5-10-8(3)12-13(9(10)4)6-7(2)11/h7H,5-6,11H2,1-4H3/t7-/m1/s1. The highest BCUT2D eigenvalue weighted by Crippen LogP contribution is 2.13. The molecule has 3 nitrogen and oxygen atoms in total. The SMILES string of the molecule is CCc1c(C)nn(C[C@@H](C)N)c1C. The van der Waals surface area contributed by atoms with E-state index < -0.39 is 0 Å². The highest BCUT2D eigenvalue weighted by Gasteiger charge is 2.09. The summed E-state index contributed by atoms with van der Waals surface area (Å²) < 4.78 is 2.01. The van der Waals surface area contributed by atoms with Gasteiger partial charge < -0.3 is 5.73 Å². The summed E-state index contributed by atoms with van der Waals surface area (Å²) in [5.74, 6) is 0. The summed E-state index contributed by atoms with van der Waals surface area (Å²) in [4.78, 5) is 0. The van der Waals surface area contributed by atoms with Crippen molar-refractivity contribution in [2.45, 2.75) is 46.7 Å². The van der Waals surface area contributed by atoms with Crippen LogP contribution in [0.15, 0.2) is 0 Å². The van der Waals surface area contributed by atoms with Crippen LogP contribution >= 0.6 is 0 Å². The maximum Gasteiger partial charge on any atom is 0.0628 e. The van der Waals surface area contributed by atoms with Crippen molar-refractivity contribution in [3.05, 3.63) is 17.0 Å². The Bertz CT molecular complexity index is 287. The molecule has 1 atom stereocenters. The van der Waals surface area contributed by atoms with Crippen LogP contribution in [0.2, 0.25) is 0 Å². The van der Waals surface area contributed by atoms with E-state index in [4.69, 9.17) is 5.73 Å². The third kappa shape index (κ3) is 2.10. The fourth-order valence-corrected chi connectivity index (χ4v) is 1.70. The summed E-state index contributed by atoms with van der Waals surface area (Å²) in [6, 6.07) is 0.169. The van der Waals surface area contributed by atoms with Crippen molar-refractivity contribution in [2.75, 3.05) is 0 Å². The van der Waals surface area contributed by atoms with Gasteiger partial charge in [-0.05, 0) is 32.8 Å². The largest absolute Gasteiger partial charge is 0.326 e. The van der Waals surface area contributed by atoms with Crippen molar-refractivity contribution in [3.8, 4) is 0 Å². The fourth-order valence-electron chi connectivity index (χ4n) is 1.70. The lowest BCUT2D eigenvalue weighted by Crippen LogP contribution is -2.23. The summed E-state index contributed by atoms with van der Waals surface area (Å²) in [6.45, 7) is 9.15. The molecule has 0 unspecified atom stereocenters. The summed E-state index contributed by atoms with van der Waals surface area (Å²) in [6.07, 6.45) is 1.05. The van der Waals surface area contributed by atoms with Crippen molar-refractivity contribution >= 4 is 0 Å². The van der Waals surface area contributed by atoms with E-state index in [9.17, 15) is 0 Å². The third-order valence-corrected chi connectivity index (χ3v) is 2.35. The van der Waals surface area contributed by atoms with Crippen LogP contribution in [0.1, 0.15) is 30.8 Å². The molecule has 0 aliphatic rings. The molecular formula is C10H19N3. The molecule has 0 radical (unpaired) electrons. The van der Waals surface area contributed by atoms with Gasteiger partial charge in [-0.25, -0.2) is 0 Å². The molecule has 0 saturated heterocycles. The van der Waals surface area contributed by atoms with Gasteiger partial charge in [0.25, 0.3) is 0 Å². The normalized spacial score (nSPS) is 13.3. The van der Waals surface area contributed by atoms with Gasteiger partial charge in [0, 0.05) is 11.7 Å². The maximum absolute atomic E-state index is 5.73. The second kappa shape index (κ2) is 3.92. The van der Waals surface area contributed by atoms with Crippen molar-refractivity contribution in [2.24, 2.45) is 5.73 Å². The lowest BCUT2D eigenvalue weighted by atomic mass is 10.1. The Labute approximate surface area is 79.9 Å². The van der Waals surface area contributed by atoms with Crippen LogP contribution in [-0.2, 0) is 13.0 Å². The number of aryl methyl sites for hydroxylation is 1. The predicted molar refractivity (Wildman–Crippen MR) is 54.7 cm³/mol. The number of rotatable bonds is 3. The van der Waals surface area contributed by atoms with Gasteiger partial charge in [0.1, 0.15) is 0 Å². The van der Waals surface area contributed by atoms with Gasteiger partial charge in [0.05, 0.1) is 12.2 Å². The van der Waals surface area contributed by atoms with Crippen molar-refractivity contribution < 1.29 is 0 Å². The molecule has 3 heteroatoms. The molecule has 0 spiro atoms. The van der Waals surface area contributed by atoms with E-state index in [1.165, 1.54) is 11.3 Å². The molecule has 2 N–H and O–H groups in total. The molecule has 1 rings (SSSR count). The molecule has 1 aromatic rings. The molecule has 0 aliphatic heterocycles. The molecule has 0 bridgehead atoms. The minimum Gasteiger partial charge on any atom is -0.326 e. The van der Waals surface area contributed by atoms with Gasteiger partial charge in [-0.3, -0.25) is 4.68 Å². The molecule has 0 fully saturated rings. The van der Waals surface area contributed by atoms with E-state index in [1.54, 1.807) is 0 Å². The second-order valence-corrected chi connectivity index (χ2v) is 3.66. The Kier molecular flexibility index (Phi) is 3.09. The second-order valence-electron chi connectivity index (χ2n) is 3.66. The van der Waals surface area contributed by atoms with Crippen molar-refractivity contribution in [1.29, 1.82) is 0 Å². The molecule has 1 aromatic heterocycles. The van der Waals surface area contributed by atoms with Crippen LogP contribution in [0.3, 0.4) is 0 Å². The Morgan fingerprint density at radius 1 is 1.46 bits per heavy atom. The highest BCUT2D eigenvalue weighted by atomic mass is 15.3. The summed E-state index contributed by atoms with van der Waals surface area (Å²) in [7, 11) is 0. The maximum atomic E-state index is 5.73. The monoisotopic (exact) mass is 181 g/mol. The first-order chi connectivity index (χ1) is 6.06. The Morgan fingerprint density at radius 2 is 2.08 bits per heavy atom. The molecule has 0 amide bonds. The third-order valence-electron chi connectivity index (χ3n) is 2.35. The molecule has 0 aliphatic carbocycles. The van der Waals surface area contributed by atoms with E-state index in [0.29, 0.717) is 0 Å². The summed E-state index contributed by atoms with van der Waals surface area (Å²) >= 11 is 0. The quantitative estimate of drug-likeness (QED) is 0.766. The average Bonchev–Trinajstić information content (AvgIpc) is 2.26. The van der Waals surface area contributed by atoms with Crippen LogP contribution in [0.5, 0.6) is 0 Å². The first kappa shape index (κ1) is 10.3. The number of nitrogens with two attached hydrogens (primary N) is 1. The topological polar surface area (TPSA) is 43.8 Å². The fraction of sp³-hybridized carbons (Fsp3) is 0.700. The minimum absolute atomic E-state index is 0.169. The number of hydrogen-bond donors (Lipinski definition) is 1. The van der Waals surface area contributed by atoms with Crippen LogP contribution in [0.25, 0.3) is 0 Å². The predicted octanol–water partition coefficient (Wildman–Crippen LogP) is 1.41. The average molecular weight is 181 g/mol. The lowest BCUT2D eigenvalue weighted by Gasteiger charge is -2.07. The number of hydrogen-bond acceptors (Lipinski definition) is 2. The van der Waals surface area contributed by atoms with Gasteiger partial charge in [0.15, 0.2) is 0 Å². The molecule has 1 heterocycles. The number of aromatic nitrogens is 2. The smallest absolute Gasteiger partial charge is 0.0628 e. The van der Waals surface area contributed by atoms with Gasteiger partial charge in [0.2, 0.25) is 0 Å². The zero-order valence-corrected chi connectivity index (χ0v) is 8.96. The minimum atomic E-state index is 0.169. The zero-order chi connectivity index (χ0) is 10.0. The molecule has 13 heavy (non-hydrogen) atoms. The molecular weight excluding hydrogens is 162 g/mol. The summed E-state index contributed by atoms with van der Waals surface area (Å²) in [5, 5.41) is 4.46. The Hall–Kier alpha value is -0.830.